The standard InChI is InChI=1S/C29H28BrNO4/c1-17(2)16-35-23-7-5-6-20(15-23)26-25(27(32)21-10-13-24(30)19(4)14-21)28(33)29(34)31(26)22-11-8-18(3)9-12-22/h5-15,17,26,32H,16H2,1-4H3/b27-25-. The highest BCUT2D eigenvalue weighted by Crippen LogP contribution is 2.43. The van der Waals surface area contributed by atoms with Gasteiger partial charge in [-0.05, 0) is 67.3 Å². The van der Waals surface area contributed by atoms with Crippen LogP contribution in [0.25, 0.3) is 5.76 Å². The lowest BCUT2D eigenvalue weighted by Crippen LogP contribution is -2.29. The number of aryl methyl sites for hydroxylation is 2. The molecule has 35 heavy (non-hydrogen) atoms. The zero-order valence-electron chi connectivity index (χ0n) is 20.2. The van der Waals surface area contributed by atoms with Gasteiger partial charge in [-0.1, -0.05) is 65.7 Å². The van der Waals surface area contributed by atoms with Crippen LogP contribution < -0.4 is 9.64 Å². The number of amides is 1. The van der Waals surface area contributed by atoms with Crippen LogP contribution in [-0.4, -0.2) is 23.4 Å². The van der Waals surface area contributed by atoms with Crippen molar-refractivity contribution in [3.63, 3.8) is 0 Å². The molecule has 5 nitrogen and oxygen atoms in total. The maximum Gasteiger partial charge on any atom is 0.300 e. The van der Waals surface area contributed by atoms with Gasteiger partial charge >= 0.3 is 0 Å². The molecule has 1 N–H and O–H groups in total. The molecular formula is C29H28BrNO4. The first-order chi connectivity index (χ1) is 16.7. The van der Waals surface area contributed by atoms with E-state index in [0.29, 0.717) is 35.1 Å². The Morgan fingerprint density at radius 3 is 2.40 bits per heavy atom. The summed E-state index contributed by atoms with van der Waals surface area (Å²) < 4.78 is 6.80. The molecule has 1 saturated heterocycles. The van der Waals surface area contributed by atoms with E-state index in [4.69, 9.17) is 4.74 Å². The quantitative estimate of drug-likeness (QED) is 0.217. The molecule has 1 amide bonds. The summed E-state index contributed by atoms with van der Waals surface area (Å²) in [6, 6.07) is 19.3. The molecule has 0 bridgehead atoms. The molecule has 1 aliphatic heterocycles. The zero-order valence-corrected chi connectivity index (χ0v) is 21.8. The predicted molar refractivity (Wildman–Crippen MR) is 142 cm³/mol. The molecular weight excluding hydrogens is 506 g/mol. The highest BCUT2D eigenvalue weighted by atomic mass is 79.9. The van der Waals surface area contributed by atoms with Gasteiger partial charge in [0.15, 0.2) is 0 Å². The summed E-state index contributed by atoms with van der Waals surface area (Å²) in [5.41, 5.74) is 3.74. The third-order valence-electron chi connectivity index (χ3n) is 5.95. The van der Waals surface area contributed by atoms with Gasteiger partial charge in [0.2, 0.25) is 0 Å². The van der Waals surface area contributed by atoms with Crippen molar-refractivity contribution in [2.75, 3.05) is 11.5 Å². The molecule has 6 heteroatoms. The zero-order chi connectivity index (χ0) is 25.3. The third kappa shape index (κ3) is 5.03. The van der Waals surface area contributed by atoms with Crippen LogP contribution in [0.4, 0.5) is 5.69 Å². The Labute approximate surface area is 214 Å². The van der Waals surface area contributed by atoms with Gasteiger partial charge in [0.25, 0.3) is 11.7 Å². The number of hydrogen-bond donors (Lipinski definition) is 1. The number of carbonyl (C=O) groups excluding carboxylic acids is 2. The normalized spacial score (nSPS) is 17.3. The Hall–Kier alpha value is -3.38. The van der Waals surface area contributed by atoms with Gasteiger partial charge in [0, 0.05) is 15.7 Å². The fourth-order valence-corrected chi connectivity index (χ4v) is 4.35. The molecule has 180 valence electrons. The number of aliphatic hydroxyl groups is 1. The van der Waals surface area contributed by atoms with E-state index < -0.39 is 17.7 Å². The van der Waals surface area contributed by atoms with E-state index in [-0.39, 0.29) is 11.3 Å². The van der Waals surface area contributed by atoms with E-state index in [1.807, 2.05) is 68.4 Å². The van der Waals surface area contributed by atoms with E-state index in [1.54, 1.807) is 12.1 Å². The molecule has 1 aliphatic rings. The number of benzene rings is 3. The Kier molecular flexibility index (Phi) is 7.13. The van der Waals surface area contributed by atoms with Crippen molar-refractivity contribution >= 4 is 39.1 Å². The molecule has 1 atom stereocenters. The molecule has 0 aliphatic carbocycles. The number of nitrogens with zero attached hydrogens (tertiary/aromatic N) is 1. The molecule has 0 aromatic heterocycles. The molecule has 0 radical (unpaired) electrons. The van der Waals surface area contributed by atoms with Gasteiger partial charge in [-0.2, -0.15) is 0 Å². The minimum Gasteiger partial charge on any atom is -0.507 e. The summed E-state index contributed by atoms with van der Waals surface area (Å²) in [7, 11) is 0. The van der Waals surface area contributed by atoms with Crippen molar-refractivity contribution in [1.82, 2.24) is 0 Å². The minimum atomic E-state index is -0.802. The number of aliphatic hydroxyl groups excluding tert-OH is 1. The maximum atomic E-state index is 13.4. The second-order valence-electron chi connectivity index (χ2n) is 9.25. The number of anilines is 1. The topological polar surface area (TPSA) is 66.8 Å². The smallest absolute Gasteiger partial charge is 0.300 e. The minimum absolute atomic E-state index is 0.0540. The monoisotopic (exact) mass is 533 g/mol. The summed E-state index contributed by atoms with van der Waals surface area (Å²) in [4.78, 5) is 28.1. The fourth-order valence-electron chi connectivity index (χ4n) is 4.10. The lowest BCUT2D eigenvalue weighted by atomic mass is 9.94. The van der Waals surface area contributed by atoms with Crippen molar-refractivity contribution in [2.24, 2.45) is 5.92 Å². The fraction of sp³-hybridized carbons (Fsp3) is 0.241. The first kappa shape index (κ1) is 24.7. The number of ether oxygens (including phenoxy) is 1. The van der Waals surface area contributed by atoms with E-state index in [1.165, 1.54) is 4.90 Å². The molecule has 0 spiro atoms. The van der Waals surface area contributed by atoms with Crippen LogP contribution in [0.1, 0.15) is 42.1 Å². The highest BCUT2D eigenvalue weighted by Gasteiger charge is 2.47. The SMILES string of the molecule is Cc1ccc(N2C(=O)C(=O)/C(=C(\O)c3ccc(Br)c(C)c3)C2c2cccc(OCC(C)C)c2)cc1. The molecule has 3 aromatic rings. The molecule has 1 fully saturated rings. The van der Waals surface area contributed by atoms with Gasteiger partial charge in [0.1, 0.15) is 11.5 Å². The number of carbonyl (C=O) groups is 2. The van der Waals surface area contributed by atoms with E-state index in [9.17, 15) is 14.7 Å². The van der Waals surface area contributed by atoms with Crippen LogP contribution in [-0.2, 0) is 9.59 Å². The second-order valence-corrected chi connectivity index (χ2v) is 10.1. The molecule has 0 saturated carbocycles. The van der Waals surface area contributed by atoms with Crippen LogP contribution in [0.3, 0.4) is 0 Å². The summed E-state index contributed by atoms with van der Waals surface area (Å²) in [5, 5.41) is 11.3. The second kappa shape index (κ2) is 10.1. The number of hydrogen-bond acceptors (Lipinski definition) is 4. The van der Waals surface area contributed by atoms with Crippen molar-refractivity contribution in [1.29, 1.82) is 0 Å². The molecule has 4 rings (SSSR count). The van der Waals surface area contributed by atoms with Gasteiger partial charge in [-0.25, -0.2) is 0 Å². The van der Waals surface area contributed by atoms with E-state index in [0.717, 1.165) is 15.6 Å². The van der Waals surface area contributed by atoms with Gasteiger partial charge in [-0.3, -0.25) is 14.5 Å². The summed E-state index contributed by atoms with van der Waals surface area (Å²) in [5.74, 6) is -0.611. The van der Waals surface area contributed by atoms with Crippen LogP contribution in [0.5, 0.6) is 5.75 Å². The average molecular weight is 534 g/mol. The number of rotatable bonds is 6. The third-order valence-corrected chi connectivity index (χ3v) is 6.83. The van der Waals surface area contributed by atoms with E-state index >= 15 is 0 Å². The molecule has 1 unspecified atom stereocenters. The maximum absolute atomic E-state index is 13.4. The van der Waals surface area contributed by atoms with Crippen molar-refractivity contribution in [2.45, 2.75) is 33.7 Å². The van der Waals surface area contributed by atoms with Gasteiger partial charge in [0.05, 0.1) is 18.2 Å². The van der Waals surface area contributed by atoms with Crippen LogP contribution in [0, 0.1) is 19.8 Å². The van der Waals surface area contributed by atoms with Crippen LogP contribution in [0.15, 0.2) is 76.8 Å². The highest BCUT2D eigenvalue weighted by molar-refractivity contribution is 9.10. The van der Waals surface area contributed by atoms with Crippen LogP contribution >= 0.6 is 15.9 Å². The average Bonchev–Trinajstić information content (AvgIpc) is 3.10. The summed E-state index contributed by atoms with van der Waals surface area (Å²) in [6.45, 7) is 8.53. The van der Waals surface area contributed by atoms with E-state index in [2.05, 4.69) is 29.8 Å². The lowest BCUT2D eigenvalue weighted by molar-refractivity contribution is -0.132. The van der Waals surface area contributed by atoms with Crippen molar-refractivity contribution < 1.29 is 19.4 Å². The first-order valence-electron chi connectivity index (χ1n) is 11.5. The van der Waals surface area contributed by atoms with Crippen molar-refractivity contribution in [3.05, 3.63) is 99.0 Å². The number of halogens is 1. The summed E-state index contributed by atoms with van der Waals surface area (Å²) >= 11 is 3.47. The first-order valence-corrected chi connectivity index (χ1v) is 12.3. The lowest BCUT2D eigenvalue weighted by Gasteiger charge is -2.26. The van der Waals surface area contributed by atoms with Crippen molar-refractivity contribution in [3.8, 4) is 5.75 Å². The Morgan fingerprint density at radius 1 is 1.03 bits per heavy atom. The number of ketones is 1. The number of Topliss-reactive ketones (excluding diaryl/α,β-unsaturated/α-hetero) is 1. The Balaban J connectivity index is 1.90. The van der Waals surface area contributed by atoms with Crippen LogP contribution in [0.2, 0.25) is 0 Å². The molecule has 1 heterocycles. The largest absolute Gasteiger partial charge is 0.507 e. The summed E-state index contributed by atoms with van der Waals surface area (Å²) in [6.07, 6.45) is 0. The Morgan fingerprint density at radius 2 is 1.74 bits per heavy atom. The van der Waals surface area contributed by atoms with Gasteiger partial charge < -0.3 is 9.84 Å². The van der Waals surface area contributed by atoms with Gasteiger partial charge in [-0.15, -0.1) is 0 Å². The molecule has 3 aromatic carbocycles. The predicted octanol–water partition coefficient (Wildman–Crippen LogP) is 6.73. The Bertz CT molecular complexity index is 1310.